The van der Waals surface area contributed by atoms with E-state index in [-0.39, 0.29) is 15.6 Å². The highest BCUT2D eigenvalue weighted by atomic mass is 35.5. The molecule has 1 saturated heterocycles. The summed E-state index contributed by atoms with van der Waals surface area (Å²) >= 11 is 5.84. The Hall–Kier alpha value is -0.980. The zero-order chi connectivity index (χ0) is 17.4. The summed E-state index contributed by atoms with van der Waals surface area (Å²) in [5, 5.41) is 38.3. The first-order valence-corrected chi connectivity index (χ1v) is 8.41. The normalized spacial score (nSPS) is 32.0. The van der Waals surface area contributed by atoms with Gasteiger partial charge in [-0.05, 0) is 18.2 Å². The Bertz CT molecular complexity index is 671. The van der Waals surface area contributed by atoms with E-state index in [2.05, 4.69) is 0 Å². The molecule has 7 N–H and O–H groups in total. The lowest BCUT2D eigenvalue weighted by Crippen LogP contribution is -2.64. The number of aliphatic hydroxyl groups excluding tert-OH is 4. The Morgan fingerprint density at radius 3 is 2.48 bits per heavy atom. The number of aliphatic hydroxyl groups is 4. The molecule has 1 aliphatic heterocycles. The van der Waals surface area contributed by atoms with Crippen LogP contribution < -0.4 is 10.5 Å². The van der Waals surface area contributed by atoms with Gasteiger partial charge in [0.05, 0.1) is 11.6 Å². The summed E-state index contributed by atoms with van der Waals surface area (Å²) < 4.78 is 31.6. The van der Waals surface area contributed by atoms with Gasteiger partial charge in [-0.25, -0.2) is 13.1 Å². The van der Waals surface area contributed by atoms with Crippen LogP contribution in [-0.4, -0.2) is 66.1 Å². The zero-order valence-electron chi connectivity index (χ0n) is 11.7. The number of benzene rings is 1. The fourth-order valence-electron chi connectivity index (χ4n) is 2.20. The molecule has 0 spiro atoms. The molecular formula is C12H17ClN2O7S. The fraction of sp³-hybridized carbons (Fsp3) is 0.500. The highest BCUT2D eigenvalue weighted by Crippen LogP contribution is 2.26. The molecule has 130 valence electrons. The summed E-state index contributed by atoms with van der Waals surface area (Å²) in [6.07, 6.45) is -6.29. The van der Waals surface area contributed by atoms with E-state index in [1.54, 1.807) is 0 Å². The minimum absolute atomic E-state index is 0.146. The molecule has 0 aliphatic carbocycles. The molecule has 23 heavy (non-hydrogen) atoms. The van der Waals surface area contributed by atoms with Crippen LogP contribution >= 0.6 is 11.6 Å². The Kier molecular flexibility index (Phi) is 5.48. The Morgan fingerprint density at radius 2 is 1.91 bits per heavy atom. The number of rotatable bonds is 4. The zero-order valence-corrected chi connectivity index (χ0v) is 13.3. The second kappa shape index (κ2) is 6.87. The van der Waals surface area contributed by atoms with Crippen LogP contribution in [0.1, 0.15) is 0 Å². The van der Waals surface area contributed by atoms with Crippen molar-refractivity contribution in [2.45, 2.75) is 35.5 Å². The Morgan fingerprint density at radius 1 is 1.26 bits per heavy atom. The van der Waals surface area contributed by atoms with Crippen molar-refractivity contribution in [2.24, 2.45) is 0 Å². The lowest BCUT2D eigenvalue weighted by molar-refractivity contribution is -0.251. The molecule has 1 heterocycles. The quantitative estimate of drug-likeness (QED) is 0.332. The number of hydrogen-bond donors (Lipinski definition) is 6. The summed E-state index contributed by atoms with van der Waals surface area (Å²) in [4.78, 5) is -0.313. The van der Waals surface area contributed by atoms with Crippen molar-refractivity contribution in [1.82, 2.24) is 4.72 Å². The highest BCUT2D eigenvalue weighted by molar-refractivity contribution is 7.89. The van der Waals surface area contributed by atoms with Crippen molar-refractivity contribution in [3.05, 3.63) is 23.2 Å². The van der Waals surface area contributed by atoms with Crippen LogP contribution in [0.25, 0.3) is 0 Å². The third-order valence-electron chi connectivity index (χ3n) is 3.44. The van der Waals surface area contributed by atoms with Gasteiger partial charge in [-0.15, -0.1) is 0 Å². The second-order valence-electron chi connectivity index (χ2n) is 5.07. The standard InChI is InChI=1S/C12H17ClN2O7S/c13-6-3-5(14)1-2-8(6)23(20,21)15-9-11(18)10(17)7(4-16)22-12(9)19/h1-3,7,9-12,15-19H,4,14H2/t7-,9+,10+,11+,12-/m1/s1. The molecule has 9 nitrogen and oxygen atoms in total. The first kappa shape index (κ1) is 18.4. The first-order valence-electron chi connectivity index (χ1n) is 6.55. The molecular weight excluding hydrogens is 352 g/mol. The smallest absolute Gasteiger partial charge is 0.242 e. The van der Waals surface area contributed by atoms with Gasteiger partial charge in [0.25, 0.3) is 0 Å². The van der Waals surface area contributed by atoms with E-state index in [0.29, 0.717) is 0 Å². The van der Waals surface area contributed by atoms with Gasteiger partial charge in [-0.3, -0.25) is 0 Å². The molecule has 1 aromatic rings. The minimum atomic E-state index is -4.23. The van der Waals surface area contributed by atoms with Crippen LogP contribution in [0, 0.1) is 0 Å². The van der Waals surface area contributed by atoms with Crippen LogP contribution in [0.2, 0.25) is 5.02 Å². The lowest BCUT2D eigenvalue weighted by atomic mass is 9.98. The SMILES string of the molecule is Nc1ccc(S(=O)(=O)N[C@H]2[C@H](O)[C@@H](O)[C@@H](CO)O[C@H]2O)c(Cl)c1. The molecule has 1 aliphatic rings. The van der Waals surface area contributed by atoms with Gasteiger partial charge in [-0.1, -0.05) is 11.6 Å². The van der Waals surface area contributed by atoms with Gasteiger partial charge in [-0.2, -0.15) is 0 Å². The average Bonchev–Trinajstić information content (AvgIpc) is 2.47. The first-order chi connectivity index (χ1) is 10.7. The van der Waals surface area contributed by atoms with Gasteiger partial charge < -0.3 is 30.9 Å². The third-order valence-corrected chi connectivity index (χ3v) is 5.38. The summed E-state index contributed by atoms with van der Waals surface area (Å²) in [7, 11) is -4.23. The summed E-state index contributed by atoms with van der Waals surface area (Å²) in [5.41, 5.74) is 5.75. The number of nitrogen functional groups attached to an aromatic ring is 1. The number of nitrogens with one attached hydrogen (secondary N) is 1. The van der Waals surface area contributed by atoms with Crippen LogP contribution in [0.4, 0.5) is 5.69 Å². The Balaban J connectivity index is 2.26. The number of anilines is 1. The van der Waals surface area contributed by atoms with Crippen LogP contribution in [-0.2, 0) is 14.8 Å². The molecule has 5 atom stereocenters. The number of halogens is 1. The molecule has 0 unspecified atom stereocenters. The maximum absolute atomic E-state index is 12.3. The topological polar surface area (TPSA) is 162 Å². The van der Waals surface area contributed by atoms with Crippen LogP contribution in [0.15, 0.2) is 23.1 Å². The van der Waals surface area contributed by atoms with Gasteiger partial charge in [0, 0.05) is 5.69 Å². The van der Waals surface area contributed by atoms with Crippen LogP contribution in [0.3, 0.4) is 0 Å². The van der Waals surface area contributed by atoms with Gasteiger partial charge in [0.15, 0.2) is 6.29 Å². The minimum Gasteiger partial charge on any atom is -0.399 e. The van der Waals surface area contributed by atoms with Gasteiger partial charge in [0.1, 0.15) is 29.2 Å². The van der Waals surface area contributed by atoms with E-state index in [1.807, 2.05) is 4.72 Å². The molecule has 2 rings (SSSR count). The molecule has 0 aromatic heterocycles. The summed E-state index contributed by atoms with van der Waals surface area (Å²) in [6, 6.07) is 2.17. The lowest BCUT2D eigenvalue weighted by Gasteiger charge is -2.40. The van der Waals surface area contributed by atoms with E-state index < -0.39 is 47.3 Å². The molecule has 1 aromatic carbocycles. The number of ether oxygens (including phenoxy) is 1. The predicted molar refractivity (Wildman–Crippen MR) is 80.0 cm³/mol. The maximum atomic E-state index is 12.3. The molecule has 0 amide bonds. The number of sulfonamides is 1. The summed E-state index contributed by atoms with van der Waals surface area (Å²) in [5.74, 6) is 0. The van der Waals surface area contributed by atoms with E-state index in [9.17, 15) is 23.7 Å². The fourth-order valence-corrected chi connectivity index (χ4v) is 4.00. The largest absolute Gasteiger partial charge is 0.399 e. The van der Waals surface area contributed by atoms with E-state index >= 15 is 0 Å². The average molecular weight is 369 g/mol. The number of nitrogens with two attached hydrogens (primary N) is 1. The molecule has 11 heteroatoms. The second-order valence-corrected chi connectivity index (χ2v) is 7.16. The molecule has 0 saturated carbocycles. The molecule has 1 fully saturated rings. The molecule has 0 radical (unpaired) electrons. The monoisotopic (exact) mass is 368 g/mol. The van der Waals surface area contributed by atoms with Crippen molar-refractivity contribution in [1.29, 1.82) is 0 Å². The van der Waals surface area contributed by atoms with Gasteiger partial charge >= 0.3 is 0 Å². The van der Waals surface area contributed by atoms with Crippen molar-refractivity contribution in [2.75, 3.05) is 12.3 Å². The highest BCUT2D eigenvalue weighted by Gasteiger charge is 2.45. The van der Waals surface area contributed by atoms with Crippen molar-refractivity contribution in [3.8, 4) is 0 Å². The summed E-state index contributed by atoms with van der Waals surface area (Å²) in [6.45, 7) is -0.654. The molecule has 0 bridgehead atoms. The van der Waals surface area contributed by atoms with Gasteiger partial charge in [0.2, 0.25) is 10.0 Å². The van der Waals surface area contributed by atoms with Crippen molar-refractivity contribution in [3.63, 3.8) is 0 Å². The van der Waals surface area contributed by atoms with Crippen molar-refractivity contribution < 1.29 is 33.6 Å². The maximum Gasteiger partial charge on any atom is 0.242 e. The van der Waals surface area contributed by atoms with E-state index in [0.717, 1.165) is 6.07 Å². The Labute approximate surface area is 137 Å². The van der Waals surface area contributed by atoms with Crippen molar-refractivity contribution >= 4 is 27.3 Å². The van der Waals surface area contributed by atoms with Crippen LogP contribution in [0.5, 0.6) is 0 Å². The predicted octanol–water partition coefficient (Wildman–Crippen LogP) is -2.00. The van der Waals surface area contributed by atoms with E-state index in [1.165, 1.54) is 12.1 Å². The third kappa shape index (κ3) is 3.75. The van der Waals surface area contributed by atoms with E-state index in [4.69, 9.17) is 27.2 Å². The number of hydrogen-bond acceptors (Lipinski definition) is 8.